The van der Waals surface area contributed by atoms with Crippen LogP contribution >= 0.6 is 0 Å². The number of benzene rings is 2. The lowest BCUT2D eigenvalue weighted by molar-refractivity contribution is 0.104. The molecule has 0 aromatic heterocycles. The molecule has 2 aliphatic heterocycles. The maximum absolute atomic E-state index is 15.2. The van der Waals surface area contributed by atoms with E-state index in [1.807, 2.05) is 6.26 Å². The summed E-state index contributed by atoms with van der Waals surface area (Å²) in [5.74, 6) is -2.43. The van der Waals surface area contributed by atoms with Gasteiger partial charge in [0.25, 0.3) is 0 Å². The number of hydrogen-bond acceptors (Lipinski definition) is 3. The van der Waals surface area contributed by atoms with E-state index in [1.54, 1.807) is 25.1 Å². The van der Waals surface area contributed by atoms with E-state index < -0.39 is 17.5 Å². The van der Waals surface area contributed by atoms with E-state index in [1.165, 1.54) is 5.57 Å². The van der Waals surface area contributed by atoms with Gasteiger partial charge in [0, 0.05) is 17.5 Å². The molecular formula is C29H33F3O3. The van der Waals surface area contributed by atoms with Crippen molar-refractivity contribution in [3.63, 3.8) is 0 Å². The fraction of sp³-hybridized carbons (Fsp3) is 0.517. The zero-order valence-electron chi connectivity index (χ0n) is 20.5. The van der Waals surface area contributed by atoms with Gasteiger partial charge in [-0.2, -0.15) is 8.78 Å². The normalized spacial score (nSPS) is 23.5. The van der Waals surface area contributed by atoms with Crippen molar-refractivity contribution in [3.05, 3.63) is 64.2 Å². The maximum Gasteiger partial charge on any atom is 0.207 e. The summed E-state index contributed by atoms with van der Waals surface area (Å²) >= 11 is 0. The molecule has 1 fully saturated rings. The van der Waals surface area contributed by atoms with Crippen LogP contribution in [0.3, 0.4) is 0 Å². The molecule has 5 rings (SSSR count). The molecule has 2 aromatic carbocycles. The van der Waals surface area contributed by atoms with Gasteiger partial charge in [-0.25, -0.2) is 4.39 Å². The highest BCUT2D eigenvalue weighted by molar-refractivity contribution is 5.55. The fourth-order valence-electron chi connectivity index (χ4n) is 5.87. The zero-order valence-corrected chi connectivity index (χ0v) is 20.5. The van der Waals surface area contributed by atoms with Crippen LogP contribution in [-0.2, 0) is 11.2 Å². The molecule has 35 heavy (non-hydrogen) atoms. The summed E-state index contributed by atoms with van der Waals surface area (Å²) in [6, 6.07) is 5.01. The first-order chi connectivity index (χ1) is 17.0. The highest BCUT2D eigenvalue weighted by Crippen LogP contribution is 2.47. The Labute approximate surface area is 205 Å². The molecule has 1 atom stereocenters. The van der Waals surface area contributed by atoms with E-state index in [9.17, 15) is 4.39 Å². The first-order valence-electron chi connectivity index (χ1n) is 13.0. The summed E-state index contributed by atoms with van der Waals surface area (Å²) in [5.41, 5.74) is 2.94. The van der Waals surface area contributed by atoms with Crippen LogP contribution in [0.4, 0.5) is 13.2 Å². The van der Waals surface area contributed by atoms with Crippen LogP contribution in [0.1, 0.15) is 87.8 Å². The molecule has 0 spiro atoms. The summed E-state index contributed by atoms with van der Waals surface area (Å²) in [6.07, 6.45) is 10.4. The molecule has 6 heteroatoms. The first-order valence-corrected chi connectivity index (χ1v) is 13.0. The minimum absolute atomic E-state index is 0.0394. The molecule has 2 aromatic rings. The molecule has 3 aliphatic rings. The Balaban J connectivity index is 1.31. The molecule has 0 bridgehead atoms. The fourth-order valence-corrected chi connectivity index (χ4v) is 5.87. The highest BCUT2D eigenvalue weighted by atomic mass is 19.2. The van der Waals surface area contributed by atoms with Crippen LogP contribution < -0.4 is 9.47 Å². The maximum atomic E-state index is 15.2. The average molecular weight is 487 g/mol. The molecule has 1 unspecified atom stereocenters. The summed E-state index contributed by atoms with van der Waals surface area (Å²) < 4.78 is 62.0. The molecule has 188 valence electrons. The monoisotopic (exact) mass is 486 g/mol. The Hall–Kier alpha value is -2.63. The van der Waals surface area contributed by atoms with Gasteiger partial charge in [-0.3, -0.25) is 0 Å². The third-order valence-electron chi connectivity index (χ3n) is 7.76. The molecule has 0 saturated heterocycles. The molecule has 1 saturated carbocycles. The second-order valence-corrected chi connectivity index (χ2v) is 9.99. The first kappa shape index (κ1) is 24.1. The second kappa shape index (κ2) is 10.2. The van der Waals surface area contributed by atoms with Gasteiger partial charge in [0.05, 0.1) is 19.0 Å². The summed E-state index contributed by atoms with van der Waals surface area (Å²) in [7, 11) is 0. The Bertz CT molecular complexity index is 1120. The number of allylic oxidation sites excluding steroid dienone is 1. The van der Waals surface area contributed by atoms with Crippen molar-refractivity contribution < 1.29 is 27.4 Å². The van der Waals surface area contributed by atoms with Gasteiger partial charge in [-0.05, 0) is 87.0 Å². The largest absolute Gasteiger partial charge is 0.498 e. The minimum atomic E-state index is -1.03. The van der Waals surface area contributed by atoms with Crippen LogP contribution in [0.2, 0.25) is 0 Å². The quantitative estimate of drug-likeness (QED) is 0.350. The van der Waals surface area contributed by atoms with Crippen molar-refractivity contribution in [1.82, 2.24) is 0 Å². The number of hydrogen-bond donors (Lipinski definition) is 0. The van der Waals surface area contributed by atoms with E-state index in [-0.39, 0.29) is 29.6 Å². The molecular weight excluding hydrogens is 453 g/mol. The molecule has 0 radical (unpaired) electrons. The smallest absolute Gasteiger partial charge is 0.207 e. The topological polar surface area (TPSA) is 27.7 Å². The zero-order chi connectivity index (χ0) is 24.5. The average Bonchev–Trinajstić information content (AvgIpc) is 2.88. The van der Waals surface area contributed by atoms with Crippen LogP contribution in [0.15, 0.2) is 30.0 Å². The van der Waals surface area contributed by atoms with Gasteiger partial charge in [0.1, 0.15) is 0 Å². The van der Waals surface area contributed by atoms with Crippen molar-refractivity contribution in [3.8, 4) is 17.2 Å². The van der Waals surface area contributed by atoms with Crippen LogP contribution in [0.25, 0.3) is 0 Å². The summed E-state index contributed by atoms with van der Waals surface area (Å²) in [5, 5.41) is 0. The van der Waals surface area contributed by atoms with Crippen LogP contribution in [0, 0.1) is 23.4 Å². The lowest BCUT2D eigenvalue weighted by Gasteiger charge is -2.33. The molecule has 0 N–H and O–H groups in total. The van der Waals surface area contributed by atoms with Gasteiger partial charge >= 0.3 is 0 Å². The molecule has 3 nitrogen and oxygen atoms in total. The minimum Gasteiger partial charge on any atom is -0.498 e. The molecule has 2 heterocycles. The Morgan fingerprint density at radius 3 is 2.31 bits per heavy atom. The molecule has 1 aliphatic carbocycles. The SMILES string of the molecule is CCCC1CCC(C2CCC(c3cc4c(c(F)c3F)Oc3c(ccc(OCC)c3F)C4)CC2)=CO1. The number of fused-ring (bicyclic) bond motifs is 2. The van der Waals surface area contributed by atoms with Crippen molar-refractivity contribution in [1.29, 1.82) is 0 Å². The van der Waals surface area contributed by atoms with Crippen molar-refractivity contribution in [2.75, 3.05) is 6.61 Å². The number of ether oxygens (including phenoxy) is 3. The summed E-state index contributed by atoms with van der Waals surface area (Å²) in [6.45, 7) is 4.22. The predicted octanol–water partition coefficient (Wildman–Crippen LogP) is 8.34. The van der Waals surface area contributed by atoms with Crippen molar-refractivity contribution in [2.24, 2.45) is 5.92 Å². The lowest BCUT2D eigenvalue weighted by atomic mass is 9.74. The van der Waals surface area contributed by atoms with E-state index in [0.29, 0.717) is 35.3 Å². The lowest BCUT2D eigenvalue weighted by Crippen LogP contribution is -2.21. The third kappa shape index (κ3) is 4.64. The standard InChI is InChI=1S/C29H33F3O3/c1-3-5-22-12-10-20(16-34-22)17-6-8-18(9-7-17)23-15-21-14-19-11-13-24(33-4-2)26(31)28(19)35-29(21)27(32)25(23)30/h11,13,15-18,22H,3-10,12,14H2,1-2H3. The Morgan fingerprint density at radius 2 is 1.63 bits per heavy atom. The number of halogens is 3. The predicted molar refractivity (Wildman–Crippen MR) is 129 cm³/mol. The number of rotatable bonds is 6. The summed E-state index contributed by atoms with van der Waals surface area (Å²) in [4.78, 5) is 0. The van der Waals surface area contributed by atoms with Crippen molar-refractivity contribution in [2.45, 2.75) is 83.7 Å². The van der Waals surface area contributed by atoms with Crippen molar-refractivity contribution >= 4 is 0 Å². The Kier molecular flexibility index (Phi) is 6.99. The van der Waals surface area contributed by atoms with Crippen LogP contribution in [0.5, 0.6) is 17.2 Å². The van der Waals surface area contributed by atoms with Gasteiger partial charge in [-0.1, -0.05) is 19.4 Å². The van der Waals surface area contributed by atoms with Crippen LogP contribution in [-0.4, -0.2) is 12.7 Å². The van der Waals surface area contributed by atoms with Gasteiger partial charge in [0.2, 0.25) is 11.6 Å². The van der Waals surface area contributed by atoms with Gasteiger partial charge in [-0.15, -0.1) is 0 Å². The Morgan fingerprint density at radius 1 is 0.886 bits per heavy atom. The molecule has 0 amide bonds. The van der Waals surface area contributed by atoms with Gasteiger partial charge in [0.15, 0.2) is 23.1 Å². The van der Waals surface area contributed by atoms with Gasteiger partial charge < -0.3 is 14.2 Å². The van der Waals surface area contributed by atoms with E-state index in [2.05, 4.69) is 6.92 Å². The second-order valence-electron chi connectivity index (χ2n) is 9.99. The van der Waals surface area contributed by atoms with E-state index >= 15 is 8.78 Å². The highest BCUT2D eigenvalue weighted by Gasteiger charge is 2.33. The van der Waals surface area contributed by atoms with E-state index in [4.69, 9.17) is 14.2 Å². The van der Waals surface area contributed by atoms with E-state index in [0.717, 1.165) is 51.4 Å². The third-order valence-corrected chi connectivity index (χ3v) is 7.76.